The predicted octanol–water partition coefficient (Wildman–Crippen LogP) is 3.55. The Kier molecular flexibility index (Phi) is 5.55. The third kappa shape index (κ3) is 4.07. The number of ether oxygens (including phenoxy) is 1. The number of aromatic amines is 1. The number of pyridine rings is 1. The van der Waals surface area contributed by atoms with E-state index in [4.69, 9.17) is 9.72 Å². The number of fused-ring (bicyclic) bond motifs is 1. The summed E-state index contributed by atoms with van der Waals surface area (Å²) in [5.41, 5.74) is 6.64. The van der Waals surface area contributed by atoms with Gasteiger partial charge in [-0.25, -0.2) is 9.97 Å². The molecule has 0 aliphatic carbocycles. The smallest absolute Gasteiger partial charge is 0.259 e. The molecule has 1 fully saturated rings. The number of anilines is 2. The molecule has 1 amide bonds. The molecule has 0 radical (unpaired) electrons. The van der Waals surface area contributed by atoms with E-state index >= 15 is 0 Å². The Morgan fingerprint density at radius 2 is 2.03 bits per heavy atom. The van der Waals surface area contributed by atoms with Crippen molar-refractivity contribution in [3.63, 3.8) is 0 Å². The first-order valence-electron chi connectivity index (χ1n) is 11.2. The molecule has 0 saturated carbocycles. The van der Waals surface area contributed by atoms with E-state index in [1.165, 1.54) is 0 Å². The number of nitrogens with zero attached hydrogens (tertiary/aromatic N) is 5. The number of imidazole rings is 1. The summed E-state index contributed by atoms with van der Waals surface area (Å²) in [5.74, 6) is 0.677. The van der Waals surface area contributed by atoms with Crippen LogP contribution in [0.25, 0.3) is 22.3 Å². The van der Waals surface area contributed by atoms with Crippen LogP contribution in [0.4, 0.5) is 11.5 Å². The second-order valence-corrected chi connectivity index (χ2v) is 8.20. The van der Waals surface area contributed by atoms with Crippen LogP contribution in [0.5, 0.6) is 0 Å². The molecule has 0 spiro atoms. The van der Waals surface area contributed by atoms with Gasteiger partial charge in [-0.05, 0) is 44.5 Å². The highest BCUT2D eigenvalue weighted by atomic mass is 16.5. The number of hydrogen-bond acceptors (Lipinski definition) is 6. The fraction of sp³-hybridized carbons (Fsp3) is 0.333. The molecular formula is C24H27N7O2. The van der Waals surface area contributed by atoms with Gasteiger partial charge in [-0.15, -0.1) is 0 Å². The summed E-state index contributed by atoms with van der Waals surface area (Å²) < 4.78 is 7.28. The number of nitrogens with one attached hydrogen (secondary N) is 2. The van der Waals surface area contributed by atoms with E-state index in [2.05, 4.69) is 25.3 Å². The van der Waals surface area contributed by atoms with E-state index in [0.717, 1.165) is 53.3 Å². The molecule has 1 aliphatic heterocycles. The Hall–Kier alpha value is -3.72. The number of aromatic nitrogens is 5. The van der Waals surface area contributed by atoms with Gasteiger partial charge in [0.15, 0.2) is 5.82 Å². The second kappa shape index (κ2) is 8.67. The molecule has 5 rings (SSSR count). The van der Waals surface area contributed by atoms with Crippen LogP contribution in [-0.2, 0) is 11.3 Å². The zero-order valence-electron chi connectivity index (χ0n) is 19.1. The van der Waals surface area contributed by atoms with E-state index < -0.39 is 0 Å². The second-order valence-electron chi connectivity index (χ2n) is 8.20. The molecule has 9 nitrogen and oxygen atoms in total. The van der Waals surface area contributed by atoms with Crippen LogP contribution in [0.1, 0.15) is 28.5 Å². The van der Waals surface area contributed by atoms with Crippen LogP contribution < -0.4 is 10.2 Å². The number of carbonyl (C=O) groups is 1. The minimum absolute atomic E-state index is 0.173. The van der Waals surface area contributed by atoms with Crippen molar-refractivity contribution in [2.24, 2.45) is 0 Å². The fourth-order valence-electron chi connectivity index (χ4n) is 4.14. The van der Waals surface area contributed by atoms with E-state index in [0.29, 0.717) is 30.2 Å². The van der Waals surface area contributed by atoms with Gasteiger partial charge in [0, 0.05) is 37.1 Å². The van der Waals surface area contributed by atoms with Crippen LogP contribution in [0.2, 0.25) is 0 Å². The Labute approximate surface area is 191 Å². The number of H-pyrrole nitrogens is 1. The Bertz CT molecular complexity index is 1320. The molecule has 0 unspecified atom stereocenters. The van der Waals surface area contributed by atoms with Gasteiger partial charge in [0.25, 0.3) is 5.91 Å². The van der Waals surface area contributed by atoms with Gasteiger partial charge in [0.1, 0.15) is 5.52 Å². The van der Waals surface area contributed by atoms with E-state index in [-0.39, 0.29) is 5.91 Å². The highest BCUT2D eigenvalue weighted by molar-refractivity contribution is 6.05. The molecule has 3 aromatic heterocycles. The summed E-state index contributed by atoms with van der Waals surface area (Å²) in [6, 6.07) is 7.89. The summed E-state index contributed by atoms with van der Waals surface area (Å²) in [6.07, 6.45) is 3.48. The van der Waals surface area contributed by atoms with Crippen LogP contribution in [0.3, 0.4) is 0 Å². The van der Waals surface area contributed by atoms with Gasteiger partial charge in [-0.3, -0.25) is 9.48 Å². The van der Waals surface area contributed by atoms with Gasteiger partial charge < -0.3 is 19.9 Å². The molecule has 1 saturated heterocycles. The first kappa shape index (κ1) is 21.1. The molecule has 2 N–H and O–H groups in total. The Balaban J connectivity index is 1.50. The molecule has 33 heavy (non-hydrogen) atoms. The summed E-state index contributed by atoms with van der Waals surface area (Å²) >= 11 is 0. The molecule has 1 aromatic carbocycles. The van der Waals surface area contributed by atoms with Gasteiger partial charge >= 0.3 is 0 Å². The number of carbonyl (C=O) groups excluding carboxylic acids is 1. The third-order valence-corrected chi connectivity index (χ3v) is 5.99. The van der Waals surface area contributed by atoms with Crippen molar-refractivity contribution in [2.75, 3.05) is 36.5 Å². The molecule has 1 aliphatic rings. The lowest BCUT2D eigenvalue weighted by Gasteiger charge is -2.28. The maximum atomic E-state index is 12.9. The number of morpholine rings is 1. The molecule has 4 aromatic rings. The van der Waals surface area contributed by atoms with E-state index in [1.807, 2.05) is 45.0 Å². The van der Waals surface area contributed by atoms with Gasteiger partial charge in [0.05, 0.1) is 42.0 Å². The first-order valence-corrected chi connectivity index (χ1v) is 11.2. The molecular weight excluding hydrogens is 418 g/mol. The SMILES string of the molecule is CCn1cc(C(=O)Nc2ccc(C)c(-c3cc4[nH]cnc4c(N4CCOCC4)n3)c2)c(C)n1. The number of rotatable bonds is 5. The minimum Gasteiger partial charge on any atom is -0.378 e. The molecule has 9 heteroatoms. The van der Waals surface area contributed by atoms with Crippen LogP contribution in [0, 0.1) is 13.8 Å². The standard InChI is InChI=1S/C24H27N7O2/c1-4-31-13-19(16(3)29-31)24(32)27-17-6-5-15(2)18(11-17)20-12-21-22(26-14-25-21)23(28-20)30-7-9-33-10-8-30/h5-6,11-14H,4,7-10H2,1-3H3,(H,25,26)(H,27,32). The van der Waals surface area contributed by atoms with Gasteiger partial charge in [-0.2, -0.15) is 5.10 Å². The maximum absolute atomic E-state index is 12.9. The quantitative estimate of drug-likeness (QED) is 0.487. The first-order chi connectivity index (χ1) is 16.0. The van der Waals surface area contributed by atoms with Crippen LogP contribution >= 0.6 is 0 Å². The lowest BCUT2D eigenvalue weighted by atomic mass is 10.0. The monoisotopic (exact) mass is 445 g/mol. The van der Waals surface area contributed by atoms with Crippen molar-refractivity contribution in [3.8, 4) is 11.3 Å². The molecule has 170 valence electrons. The molecule has 0 atom stereocenters. The minimum atomic E-state index is -0.173. The normalized spacial score (nSPS) is 14.1. The average Bonchev–Trinajstić information content (AvgIpc) is 3.46. The van der Waals surface area contributed by atoms with Crippen molar-refractivity contribution >= 4 is 28.4 Å². The zero-order chi connectivity index (χ0) is 22.9. The van der Waals surface area contributed by atoms with E-state index in [1.54, 1.807) is 17.2 Å². The van der Waals surface area contributed by atoms with Crippen molar-refractivity contribution in [1.29, 1.82) is 0 Å². The van der Waals surface area contributed by atoms with Crippen molar-refractivity contribution in [2.45, 2.75) is 27.3 Å². The predicted molar refractivity (Wildman–Crippen MR) is 128 cm³/mol. The number of benzene rings is 1. The van der Waals surface area contributed by atoms with Gasteiger partial charge in [0.2, 0.25) is 0 Å². The lowest BCUT2D eigenvalue weighted by molar-refractivity contribution is 0.102. The van der Waals surface area contributed by atoms with Gasteiger partial charge in [-0.1, -0.05) is 6.07 Å². The average molecular weight is 446 g/mol. The lowest BCUT2D eigenvalue weighted by Crippen LogP contribution is -2.37. The highest BCUT2D eigenvalue weighted by Crippen LogP contribution is 2.31. The van der Waals surface area contributed by atoms with Crippen molar-refractivity contribution < 1.29 is 9.53 Å². The summed E-state index contributed by atoms with van der Waals surface area (Å²) in [4.78, 5) is 27.8. The number of aryl methyl sites for hydroxylation is 3. The maximum Gasteiger partial charge on any atom is 0.259 e. The zero-order valence-corrected chi connectivity index (χ0v) is 19.1. The Morgan fingerprint density at radius 3 is 2.79 bits per heavy atom. The van der Waals surface area contributed by atoms with Crippen molar-refractivity contribution in [3.05, 3.63) is 53.6 Å². The number of amides is 1. The van der Waals surface area contributed by atoms with E-state index in [9.17, 15) is 4.79 Å². The number of hydrogen-bond donors (Lipinski definition) is 2. The molecule has 0 bridgehead atoms. The summed E-state index contributed by atoms with van der Waals surface area (Å²) in [7, 11) is 0. The Morgan fingerprint density at radius 1 is 1.21 bits per heavy atom. The van der Waals surface area contributed by atoms with Crippen LogP contribution in [-0.4, -0.2) is 56.9 Å². The summed E-state index contributed by atoms with van der Waals surface area (Å²) in [5, 5.41) is 7.39. The third-order valence-electron chi connectivity index (χ3n) is 5.99. The largest absolute Gasteiger partial charge is 0.378 e. The summed E-state index contributed by atoms with van der Waals surface area (Å²) in [6.45, 7) is 9.50. The fourth-order valence-corrected chi connectivity index (χ4v) is 4.14. The molecule has 4 heterocycles. The van der Waals surface area contributed by atoms with Crippen LogP contribution in [0.15, 0.2) is 36.8 Å². The highest BCUT2D eigenvalue weighted by Gasteiger charge is 2.20. The van der Waals surface area contributed by atoms with Crippen molar-refractivity contribution in [1.82, 2.24) is 24.7 Å². The topological polar surface area (TPSA) is 101 Å².